The summed E-state index contributed by atoms with van der Waals surface area (Å²) in [5.41, 5.74) is 4.37. The van der Waals surface area contributed by atoms with Crippen LogP contribution in [0, 0.1) is 12.3 Å². The fourth-order valence-electron chi connectivity index (χ4n) is 4.05. The summed E-state index contributed by atoms with van der Waals surface area (Å²) >= 11 is 0. The molecule has 1 aliphatic carbocycles. The number of terminal acetylenes is 1. The van der Waals surface area contributed by atoms with E-state index in [1.165, 1.54) is 0 Å². The molecule has 0 spiro atoms. The molecule has 0 saturated carbocycles. The van der Waals surface area contributed by atoms with Gasteiger partial charge in [0.15, 0.2) is 0 Å². The van der Waals surface area contributed by atoms with Crippen LogP contribution in [0.5, 0.6) is 0 Å². The molecule has 2 atom stereocenters. The Hall–Kier alpha value is -3.79. The molecule has 2 aromatic rings. The minimum absolute atomic E-state index is 0.0872. The number of carbonyl (C=O) groups is 3. The Morgan fingerprint density at radius 3 is 2.18 bits per heavy atom. The van der Waals surface area contributed by atoms with Gasteiger partial charge in [-0.05, 0) is 28.7 Å². The van der Waals surface area contributed by atoms with Crippen LogP contribution in [0.15, 0.2) is 48.5 Å². The van der Waals surface area contributed by atoms with Crippen LogP contribution in [-0.2, 0) is 14.3 Å². The second kappa shape index (κ2) is 11.2. The Labute approximate surface area is 193 Å². The average Bonchev–Trinajstić information content (AvgIpc) is 3.13. The van der Waals surface area contributed by atoms with Crippen molar-refractivity contribution in [3.8, 4) is 23.5 Å². The molecular weight excluding hydrogens is 420 g/mol. The Morgan fingerprint density at radius 1 is 1.03 bits per heavy atom. The molecular formula is C26H28N2O5. The highest BCUT2D eigenvalue weighted by atomic mass is 16.5. The number of carboxylic acid groups (broad SMARTS) is 1. The second-order valence-electron chi connectivity index (χ2n) is 7.97. The van der Waals surface area contributed by atoms with E-state index in [0.29, 0.717) is 12.8 Å². The maximum absolute atomic E-state index is 12.6. The number of ether oxygens (including phenoxy) is 1. The van der Waals surface area contributed by atoms with Crippen LogP contribution >= 0.6 is 0 Å². The van der Waals surface area contributed by atoms with Gasteiger partial charge in [-0.3, -0.25) is 4.79 Å². The van der Waals surface area contributed by atoms with Crippen molar-refractivity contribution in [3.05, 3.63) is 59.7 Å². The summed E-state index contributed by atoms with van der Waals surface area (Å²) in [7, 11) is 0. The summed E-state index contributed by atoms with van der Waals surface area (Å²) in [6.45, 7) is 2.03. The quantitative estimate of drug-likeness (QED) is 0.481. The van der Waals surface area contributed by atoms with E-state index in [1.807, 2.05) is 55.5 Å². The topological polar surface area (TPSA) is 105 Å². The molecule has 0 aromatic heterocycles. The van der Waals surface area contributed by atoms with Gasteiger partial charge in [-0.1, -0.05) is 68.3 Å². The summed E-state index contributed by atoms with van der Waals surface area (Å²) in [5, 5.41) is 14.3. The van der Waals surface area contributed by atoms with Gasteiger partial charge in [0.2, 0.25) is 5.91 Å². The van der Waals surface area contributed by atoms with E-state index in [0.717, 1.165) is 28.7 Å². The summed E-state index contributed by atoms with van der Waals surface area (Å²) in [6, 6.07) is 13.8. The summed E-state index contributed by atoms with van der Waals surface area (Å²) in [5.74, 6) is 0.452. The third-order valence-corrected chi connectivity index (χ3v) is 5.74. The minimum Gasteiger partial charge on any atom is -0.480 e. The maximum Gasteiger partial charge on any atom is 0.407 e. The number of alkyl carbamates (subject to hydrolysis) is 1. The van der Waals surface area contributed by atoms with E-state index < -0.39 is 30.1 Å². The van der Waals surface area contributed by atoms with Gasteiger partial charge in [-0.15, -0.1) is 12.3 Å². The van der Waals surface area contributed by atoms with Crippen molar-refractivity contribution < 1.29 is 24.2 Å². The summed E-state index contributed by atoms with van der Waals surface area (Å²) in [6.07, 6.45) is 6.23. The van der Waals surface area contributed by atoms with Crippen LogP contribution < -0.4 is 10.6 Å². The monoisotopic (exact) mass is 448 g/mol. The van der Waals surface area contributed by atoms with Crippen LogP contribution in [0.25, 0.3) is 11.1 Å². The molecule has 0 bridgehead atoms. The molecule has 0 aliphatic heterocycles. The van der Waals surface area contributed by atoms with E-state index in [9.17, 15) is 19.5 Å². The molecule has 33 heavy (non-hydrogen) atoms. The molecule has 0 saturated heterocycles. The zero-order valence-electron chi connectivity index (χ0n) is 18.5. The van der Waals surface area contributed by atoms with Crippen molar-refractivity contribution in [3.63, 3.8) is 0 Å². The molecule has 3 rings (SSSR count). The number of unbranched alkanes of at least 4 members (excludes halogenated alkanes) is 1. The van der Waals surface area contributed by atoms with Gasteiger partial charge in [0.1, 0.15) is 18.7 Å². The van der Waals surface area contributed by atoms with E-state index >= 15 is 0 Å². The Bertz CT molecular complexity index is 1010. The molecule has 2 aromatic carbocycles. The van der Waals surface area contributed by atoms with Gasteiger partial charge in [0.25, 0.3) is 0 Å². The number of carbonyl (C=O) groups excluding carboxylic acids is 2. The first-order chi connectivity index (χ1) is 16.0. The van der Waals surface area contributed by atoms with Gasteiger partial charge in [-0.2, -0.15) is 0 Å². The first kappa shape index (κ1) is 23.9. The van der Waals surface area contributed by atoms with Crippen LogP contribution in [0.3, 0.4) is 0 Å². The van der Waals surface area contributed by atoms with Crippen LogP contribution in [0.2, 0.25) is 0 Å². The molecule has 2 amide bonds. The Balaban J connectivity index is 1.63. The van der Waals surface area contributed by atoms with Crippen molar-refractivity contribution in [2.75, 3.05) is 6.61 Å². The molecule has 7 heteroatoms. The lowest BCUT2D eigenvalue weighted by Gasteiger charge is -2.20. The normalized spacial score (nSPS) is 13.7. The molecule has 0 heterocycles. The van der Waals surface area contributed by atoms with Gasteiger partial charge in [-0.25, -0.2) is 9.59 Å². The maximum atomic E-state index is 12.6. The number of benzene rings is 2. The van der Waals surface area contributed by atoms with E-state index in [-0.39, 0.29) is 18.9 Å². The predicted molar refractivity (Wildman–Crippen MR) is 125 cm³/mol. The number of carboxylic acids is 1. The van der Waals surface area contributed by atoms with Crippen molar-refractivity contribution >= 4 is 18.0 Å². The fraction of sp³-hybridized carbons (Fsp3) is 0.346. The van der Waals surface area contributed by atoms with Crippen molar-refractivity contribution in [2.24, 2.45) is 0 Å². The largest absolute Gasteiger partial charge is 0.480 e. The highest BCUT2D eigenvalue weighted by molar-refractivity contribution is 5.89. The molecule has 0 fully saturated rings. The summed E-state index contributed by atoms with van der Waals surface area (Å²) < 4.78 is 5.47. The fourth-order valence-corrected chi connectivity index (χ4v) is 4.05. The van der Waals surface area contributed by atoms with Gasteiger partial charge in [0.05, 0.1) is 0 Å². The number of hydrogen-bond donors (Lipinski definition) is 3. The molecule has 1 aliphatic rings. The molecule has 172 valence electrons. The van der Waals surface area contributed by atoms with Gasteiger partial charge in [0, 0.05) is 12.3 Å². The number of fused-ring (bicyclic) bond motifs is 3. The smallest absolute Gasteiger partial charge is 0.407 e. The zero-order valence-corrected chi connectivity index (χ0v) is 18.5. The van der Waals surface area contributed by atoms with Gasteiger partial charge < -0.3 is 20.5 Å². The van der Waals surface area contributed by atoms with E-state index in [2.05, 4.69) is 16.6 Å². The van der Waals surface area contributed by atoms with Gasteiger partial charge >= 0.3 is 12.1 Å². The SMILES string of the molecule is C#CCC(NC(=O)OCC1c2ccccc2-c2ccccc21)C(=O)N[C@@H](CCCC)C(=O)O. The lowest BCUT2D eigenvalue weighted by molar-refractivity contribution is -0.142. The lowest BCUT2D eigenvalue weighted by atomic mass is 9.98. The standard InChI is InChI=1S/C26H28N2O5/c1-3-5-15-23(25(30)31)27-24(29)22(10-4-2)28-26(32)33-16-21-19-13-8-6-11-17(19)18-12-7-9-14-20(18)21/h2,6-9,11-14,21-23H,3,5,10,15-16H2,1H3,(H,27,29)(H,28,32)(H,30,31)/t22?,23-/m0/s1. The van der Waals surface area contributed by atoms with Crippen LogP contribution in [-0.4, -0.2) is 41.8 Å². The number of rotatable bonds is 10. The highest BCUT2D eigenvalue weighted by Gasteiger charge is 2.30. The van der Waals surface area contributed by atoms with Crippen LogP contribution in [0.1, 0.15) is 49.7 Å². The number of hydrogen-bond acceptors (Lipinski definition) is 4. The first-order valence-corrected chi connectivity index (χ1v) is 11.0. The third kappa shape index (κ3) is 5.72. The summed E-state index contributed by atoms with van der Waals surface area (Å²) in [4.78, 5) is 36.5. The van der Waals surface area contributed by atoms with Crippen LogP contribution in [0.4, 0.5) is 4.79 Å². The predicted octanol–water partition coefficient (Wildman–Crippen LogP) is 3.68. The molecule has 1 unspecified atom stereocenters. The number of aliphatic carboxylic acids is 1. The molecule has 0 radical (unpaired) electrons. The number of amides is 2. The van der Waals surface area contributed by atoms with E-state index in [1.54, 1.807) is 0 Å². The molecule has 3 N–H and O–H groups in total. The lowest BCUT2D eigenvalue weighted by Crippen LogP contribution is -2.51. The third-order valence-electron chi connectivity index (χ3n) is 5.74. The first-order valence-electron chi connectivity index (χ1n) is 11.0. The van der Waals surface area contributed by atoms with Crippen molar-refractivity contribution in [2.45, 2.75) is 50.6 Å². The molecule has 7 nitrogen and oxygen atoms in total. The Morgan fingerprint density at radius 2 is 1.64 bits per heavy atom. The van der Waals surface area contributed by atoms with Crippen molar-refractivity contribution in [1.82, 2.24) is 10.6 Å². The zero-order chi connectivity index (χ0) is 23.8. The minimum atomic E-state index is -1.13. The Kier molecular flexibility index (Phi) is 8.09. The highest BCUT2D eigenvalue weighted by Crippen LogP contribution is 2.44. The van der Waals surface area contributed by atoms with E-state index in [4.69, 9.17) is 11.2 Å². The van der Waals surface area contributed by atoms with Crippen molar-refractivity contribution in [1.29, 1.82) is 0 Å². The second-order valence-corrected chi connectivity index (χ2v) is 7.97. The number of nitrogens with one attached hydrogen (secondary N) is 2. The average molecular weight is 449 g/mol.